The van der Waals surface area contributed by atoms with Gasteiger partial charge in [-0.15, -0.1) is 0 Å². The third-order valence-corrected chi connectivity index (χ3v) is 4.51. The number of rotatable bonds is 5. The fourth-order valence-corrected chi connectivity index (χ4v) is 3.02. The molecule has 0 spiro atoms. The fraction of sp³-hybridized carbons (Fsp3) is 0.286. The summed E-state index contributed by atoms with van der Waals surface area (Å²) in [7, 11) is 0. The summed E-state index contributed by atoms with van der Waals surface area (Å²) in [6.07, 6.45) is 0. The lowest BCUT2D eigenvalue weighted by Crippen LogP contribution is -2.40. The molecule has 2 amide bonds. The quantitative estimate of drug-likeness (QED) is 0.733. The first-order chi connectivity index (χ1) is 14.0. The van der Waals surface area contributed by atoms with Crippen LogP contribution in [0.3, 0.4) is 0 Å². The summed E-state index contributed by atoms with van der Waals surface area (Å²) in [5.74, 6) is 0.181. The lowest BCUT2D eigenvalue weighted by Gasteiger charge is -2.27. The zero-order chi connectivity index (χ0) is 20.6. The van der Waals surface area contributed by atoms with Gasteiger partial charge >= 0.3 is 0 Å². The number of nitrogens with zero attached hydrogens (tertiary/aromatic N) is 1. The number of aryl methyl sites for hydroxylation is 1. The third-order valence-electron chi connectivity index (χ3n) is 4.31. The van der Waals surface area contributed by atoms with Crippen molar-refractivity contribution in [3.05, 3.63) is 59.7 Å². The van der Waals surface area contributed by atoms with Crippen molar-refractivity contribution in [2.24, 2.45) is 0 Å². The number of amides is 2. The van der Waals surface area contributed by atoms with E-state index in [1.165, 1.54) is 0 Å². The topological polar surface area (TPSA) is 79.9 Å². The van der Waals surface area contributed by atoms with Gasteiger partial charge in [-0.25, -0.2) is 0 Å². The first-order valence-corrected chi connectivity index (χ1v) is 9.69. The first-order valence-electron chi connectivity index (χ1n) is 9.28. The number of anilines is 1. The van der Waals surface area contributed by atoms with Gasteiger partial charge in [0.15, 0.2) is 11.7 Å². The molecule has 1 saturated heterocycles. The van der Waals surface area contributed by atoms with Gasteiger partial charge in [0.2, 0.25) is 0 Å². The van der Waals surface area contributed by atoms with Crippen molar-refractivity contribution in [1.82, 2.24) is 10.2 Å². The normalized spacial score (nSPS) is 13.5. The summed E-state index contributed by atoms with van der Waals surface area (Å²) in [6.45, 7) is 4.07. The van der Waals surface area contributed by atoms with E-state index in [1.54, 1.807) is 41.3 Å². The van der Waals surface area contributed by atoms with Crippen molar-refractivity contribution in [3.8, 4) is 5.75 Å². The highest BCUT2D eigenvalue weighted by molar-refractivity contribution is 7.80. The Bertz CT molecular complexity index is 880. The largest absolute Gasteiger partial charge is 0.484 e. The molecule has 2 aromatic carbocycles. The molecule has 3 rings (SSSR count). The van der Waals surface area contributed by atoms with Crippen molar-refractivity contribution in [1.29, 1.82) is 0 Å². The smallest absolute Gasteiger partial charge is 0.264 e. The first kappa shape index (κ1) is 20.8. The minimum atomic E-state index is -0.372. The van der Waals surface area contributed by atoms with Gasteiger partial charge < -0.3 is 19.7 Å². The van der Waals surface area contributed by atoms with Crippen LogP contribution in [0.1, 0.15) is 15.9 Å². The molecule has 1 aliphatic rings. The molecule has 1 aliphatic heterocycles. The maximum Gasteiger partial charge on any atom is 0.264 e. The van der Waals surface area contributed by atoms with Gasteiger partial charge in [0.25, 0.3) is 11.8 Å². The Morgan fingerprint density at radius 2 is 1.86 bits per heavy atom. The Kier molecular flexibility index (Phi) is 7.15. The van der Waals surface area contributed by atoms with Gasteiger partial charge in [0.1, 0.15) is 5.75 Å². The van der Waals surface area contributed by atoms with Crippen LogP contribution in [0.15, 0.2) is 48.5 Å². The molecule has 29 heavy (non-hydrogen) atoms. The van der Waals surface area contributed by atoms with Crippen LogP contribution in [0.25, 0.3) is 0 Å². The maximum absolute atomic E-state index is 12.6. The number of nitrogens with one attached hydrogen (secondary N) is 2. The summed E-state index contributed by atoms with van der Waals surface area (Å²) in [5, 5.41) is 5.63. The second-order valence-corrected chi connectivity index (χ2v) is 7.00. The number of morpholine rings is 1. The Hall–Kier alpha value is -2.97. The molecule has 0 aromatic heterocycles. The highest BCUT2D eigenvalue weighted by Gasteiger charge is 2.18. The minimum absolute atomic E-state index is 0.0570. The highest BCUT2D eigenvalue weighted by atomic mass is 32.1. The summed E-state index contributed by atoms with van der Waals surface area (Å²) in [5.41, 5.74) is 2.28. The number of ether oxygens (including phenoxy) is 2. The van der Waals surface area contributed by atoms with Crippen LogP contribution in [0, 0.1) is 6.92 Å². The zero-order valence-electron chi connectivity index (χ0n) is 16.1. The molecule has 1 heterocycles. The molecule has 7 nitrogen and oxygen atoms in total. The molecule has 2 N–H and O–H groups in total. The monoisotopic (exact) mass is 413 g/mol. The van der Waals surface area contributed by atoms with Gasteiger partial charge in [-0.1, -0.05) is 23.8 Å². The van der Waals surface area contributed by atoms with Gasteiger partial charge in [-0.3, -0.25) is 14.9 Å². The standard InChI is InChI=1S/C21H23N3O4S/c1-15-5-7-18(8-6-15)28-14-19(25)23-21(29)22-17-4-2-3-16(13-17)20(26)24-9-11-27-12-10-24/h2-8,13H,9-12,14H2,1H3,(H2,22,23,25,29). The van der Waals surface area contributed by atoms with E-state index >= 15 is 0 Å². The van der Waals surface area contributed by atoms with Crippen molar-refractivity contribution in [2.45, 2.75) is 6.92 Å². The Morgan fingerprint density at radius 1 is 1.14 bits per heavy atom. The molecule has 0 saturated carbocycles. The van der Waals surface area contributed by atoms with E-state index < -0.39 is 0 Å². The molecular formula is C21H23N3O4S. The summed E-state index contributed by atoms with van der Waals surface area (Å²) in [6, 6.07) is 14.4. The van der Waals surface area contributed by atoms with Crippen LogP contribution in [-0.2, 0) is 9.53 Å². The number of carbonyl (C=O) groups is 2. The molecule has 0 atom stereocenters. The molecular weight excluding hydrogens is 390 g/mol. The second kappa shape index (κ2) is 9.99. The van der Waals surface area contributed by atoms with E-state index in [0.717, 1.165) is 5.56 Å². The van der Waals surface area contributed by atoms with Crippen LogP contribution in [0.2, 0.25) is 0 Å². The highest BCUT2D eigenvalue weighted by Crippen LogP contribution is 2.14. The van der Waals surface area contributed by atoms with E-state index in [-0.39, 0.29) is 23.5 Å². The average molecular weight is 413 g/mol. The zero-order valence-corrected chi connectivity index (χ0v) is 17.0. The van der Waals surface area contributed by atoms with Crippen molar-refractivity contribution in [3.63, 3.8) is 0 Å². The number of carbonyl (C=O) groups excluding carboxylic acids is 2. The predicted molar refractivity (Wildman–Crippen MR) is 114 cm³/mol. The second-order valence-electron chi connectivity index (χ2n) is 6.59. The molecule has 152 valence electrons. The number of benzene rings is 2. The van der Waals surface area contributed by atoms with Crippen LogP contribution in [0.4, 0.5) is 5.69 Å². The lowest BCUT2D eigenvalue weighted by molar-refractivity contribution is -0.121. The van der Waals surface area contributed by atoms with E-state index in [1.807, 2.05) is 19.1 Å². The van der Waals surface area contributed by atoms with Gasteiger partial charge in [-0.2, -0.15) is 0 Å². The molecule has 1 fully saturated rings. The summed E-state index contributed by atoms with van der Waals surface area (Å²) < 4.78 is 10.7. The van der Waals surface area contributed by atoms with Crippen LogP contribution >= 0.6 is 12.2 Å². The Balaban J connectivity index is 1.50. The fourth-order valence-electron chi connectivity index (χ4n) is 2.79. The third kappa shape index (κ3) is 6.27. The number of thiocarbonyl (C=S) groups is 1. The van der Waals surface area contributed by atoms with Crippen molar-refractivity contribution < 1.29 is 19.1 Å². The van der Waals surface area contributed by atoms with E-state index in [4.69, 9.17) is 21.7 Å². The summed E-state index contributed by atoms with van der Waals surface area (Å²) in [4.78, 5) is 26.4. The molecule has 0 unspecified atom stereocenters. The number of hydrogen-bond acceptors (Lipinski definition) is 5. The number of hydrogen-bond donors (Lipinski definition) is 2. The molecule has 8 heteroatoms. The molecule has 0 bridgehead atoms. The van der Waals surface area contributed by atoms with Crippen LogP contribution in [-0.4, -0.2) is 54.7 Å². The summed E-state index contributed by atoms with van der Waals surface area (Å²) >= 11 is 5.18. The lowest BCUT2D eigenvalue weighted by atomic mass is 10.1. The average Bonchev–Trinajstić information content (AvgIpc) is 2.73. The molecule has 2 aromatic rings. The van der Waals surface area contributed by atoms with Gasteiger partial charge in [0.05, 0.1) is 13.2 Å². The predicted octanol–water partition coefficient (Wildman–Crippen LogP) is 2.36. The van der Waals surface area contributed by atoms with Gasteiger partial charge in [-0.05, 0) is 49.5 Å². The van der Waals surface area contributed by atoms with Crippen LogP contribution in [0.5, 0.6) is 5.75 Å². The van der Waals surface area contributed by atoms with Crippen molar-refractivity contribution >= 4 is 34.8 Å². The minimum Gasteiger partial charge on any atom is -0.484 e. The van der Waals surface area contributed by atoms with Crippen molar-refractivity contribution in [2.75, 3.05) is 38.2 Å². The molecule has 0 radical (unpaired) electrons. The van der Waals surface area contributed by atoms with Crippen LogP contribution < -0.4 is 15.4 Å². The Morgan fingerprint density at radius 3 is 2.59 bits per heavy atom. The van der Waals surface area contributed by atoms with Gasteiger partial charge in [0, 0.05) is 24.3 Å². The molecule has 0 aliphatic carbocycles. The maximum atomic E-state index is 12.6. The SMILES string of the molecule is Cc1ccc(OCC(=O)NC(=S)Nc2cccc(C(=O)N3CCOCC3)c2)cc1. The van der Waals surface area contributed by atoms with E-state index in [9.17, 15) is 9.59 Å². The van der Waals surface area contributed by atoms with E-state index in [2.05, 4.69) is 10.6 Å². The van der Waals surface area contributed by atoms with E-state index in [0.29, 0.717) is 43.3 Å². The Labute approximate surface area is 175 Å².